The van der Waals surface area contributed by atoms with E-state index in [0.29, 0.717) is 13.0 Å². The number of aromatic nitrogens is 1. The van der Waals surface area contributed by atoms with Gasteiger partial charge in [-0.15, -0.1) is 0 Å². The first-order chi connectivity index (χ1) is 13.2. The second-order valence-corrected chi connectivity index (χ2v) is 7.40. The average molecular weight is 362 g/mol. The number of nitrogens with one attached hydrogen (secondary N) is 2. The van der Waals surface area contributed by atoms with Crippen molar-refractivity contribution in [2.45, 2.75) is 45.1 Å². The van der Waals surface area contributed by atoms with Gasteiger partial charge in [-0.25, -0.2) is 0 Å². The fourth-order valence-electron chi connectivity index (χ4n) is 3.91. The van der Waals surface area contributed by atoms with Crippen LogP contribution in [0.15, 0.2) is 48.5 Å². The van der Waals surface area contributed by atoms with Crippen molar-refractivity contribution >= 4 is 16.8 Å². The molecule has 140 valence electrons. The highest BCUT2D eigenvalue weighted by molar-refractivity contribution is 5.85. The topological polar surface area (TPSA) is 54.1 Å². The molecule has 27 heavy (non-hydrogen) atoms. The number of aromatic amines is 1. The summed E-state index contributed by atoms with van der Waals surface area (Å²) in [6.07, 6.45) is 4.13. The molecule has 2 N–H and O–H groups in total. The molecule has 0 fully saturated rings. The molecule has 0 saturated carbocycles. The van der Waals surface area contributed by atoms with Crippen molar-refractivity contribution in [1.29, 1.82) is 0 Å². The molecule has 1 amide bonds. The maximum Gasteiger partial charge on any atom is 0.220 e. The van der Waals surface area contributed by atoms with Crippen LogP contribution in [0, 0.1) is 6.92 Å². The van der Waals surface area contributed by atoms with Crippen molar-refractivity contribution in [3.63, 3.8) is 0 Å². The summed E-state index contributed by atoms with van der Waals surface area (Å²) in [7, 11) is 0. The number of fused-ring (bicyclic) bond motifs is 3. The molecule has 0 bridgehead atoms. The van der Waals surface area contributed by atoms with E-state index in [1.54, 1.807) is 0 Å². The lowest BCUT2D eigenvalue weighted by molar-refractivity contribution is -0.122. The molecule has 1 unspecified atom stereocenters. The Hall–Kier alpha value is -2.75. The summed E-state index contributed by atoms with van der Waals surface area (Å²) in [6.45, 7) is 2.69. The Morgan fingerprint density at radius 1 is 1.22 bits per heavy atom. The minimum Gasteiger partial charge on any atom is -0.494 e. The number of amides is 1. The number of carbonyl (C=O) groups excluding carboxylic acids is 1. The Bertz CT molecular complexity index is 930. The number of hydrogen-bond donors (Lipinski definition) is 2. The molecule has 4 heteroatoms. The molecule has 4 rings (SSSR count). The van der Waals surface area contributed by atoms with E-state index in [-0.39, 0.29) is 11.9 Å². The van der Waals surface area contributed by atoms with Crippen LogP contribution in [-0.2, 0) is 17.6 Å². The number of H-pyrrole nitrogens is 1. The van der Waals surface area contributed by atoms with Crippen molar-refractivity contribution in [3.05, 3.63) is 65.4 Å². The molecule has 0 saturated heterocycles. The molecule has 1 aliphatic carbocycles. The Balaban J connectivity index is 1.27. The van der Waals surface area contributed by atoms with Gasteiger partial charge in [0.2, 0.25) is 5.91 Å². The predicted molar refractivity (Wildman–Crippen MR) is 108 cm³/mol. The van der Waals surface area contributed by atoms with Crippen molar-refractivity contribution in [1.82, 2.24) is 10.3 Å². The minimum absolute atomic E-state index is 0.118. The van der Waals surface area contributed by atoms with Gasteiger partial charge in [0.15, 0.2) is 0 Å². The Kier molecular flexibility index (Phi) is 5.14. The van der Waals surface area contributed by atoms with E-state index in [9.17, 15) is 4.79 Å². The van der Waals surface area contributed by atoms with Crippen LogP contribution < -0.4 is 10.1 Å². The average Bonchev–Trinajstić information content (AvgIpc) is 3.03. The summed E-state index contributed by atoms with van der Waals surface area (Å²) in [6, 6.07) is 16.5. The molecule has 4 nitrogen and oxygen atoms in total. The number of benzene rings is 2. The highest BCUT2D eigenvalue weighted by Gasteiger charge is 2.23. The third kappa shape index (κ3) is 4.16. The molecule has 0 spiro atoms. The lowest BCUT2D eigenvalue weighted by Crippen LogP contribution is -2.38. The smallest absolute Gasteiger partial charge is 0.220 e. The van der Waals surface area contributed by atoms with Gasteiger partial charge < -0.3 is 15.0 Å². The van der Waals surface area contributed by atoms with Gasteiger partial charge in [0, 0.05) is 35.5 Å². The molecule has 1 aromatic heterocycles. The van der Waals surface area contributed by atoms with Crippen molar-refractivity contribution in [2.24, 2.45) is 0 Å². The predicted octanol–water partition coefficient (Wildman–Crippen LogP) is 4.31. The van der Waals surface area contributed by atoms with E-state index in [2.05, 4.69) is 35.4 Å². The first-order valence-electron chi connectivity index (χ1n) is 9.76. The van der Waals surface area contributed by atoms with E-state index in [1.807, 2.05) is 30.3 Å². The first kappa shape index (κ1) is 17.7. The third-order valence-electron chi connectivity index (χ3n) is 5.27. The lowest BCUT2D eigenvalue weighted by Gasteiger charge is -2.23. The molecule has 2 aromatic carbocycles. The van der Waals surface area contributed by atoms with Crippen LogP contribution in [-0.4, -0.2) is 23.5 Å². The van der Waals surface area contributed by atoms with Gasteiger partial charge in [-0.3, -0.25) is 4.79 Å². The van der Waals surface area contributed by atoms with Gasteiger partial charge in [-0.2, -0.15) is 0 Å². The molecule has 0 radical (unpaired) electrons. The van der Waals surface area contributed by atoms with Crippen LogP contribution in [0.2, 0.25) is 0 Å². The number of rotatable bonds is 6. The molecule has 1 atom stereocenters. The van der Waals surface area contributed by atoms with Crippen LogP contribution in [0.25, 0.3) is 10.9 Å². The van der Waals surface area contributed by atoms with Crippen LogP contribution in [0.1, 0.15) is 36.1 Å². The normalized spacial score (nSPS) is 16.1. The van der Waals surface area contributed by atoms with Gasteiger partial charge >= 0.3 is 0 Å². The SMILES string of the molecule is Cc1ccc2[nH]c3c(c2c1)CCC(NC(=O)CCCOc1ccccc1)C3. The fraction of sp³-hybridized carbons (Fsp3) is 0.348. The van der Waals surface area contributed by atoms with Gasteiger partial charge in [0.25, 0.3) is 0 Å². The third-order valence-corrected chi connectivity index (χ3v) is 5.27. The first-order valence-corrected chi connectivity index (χ1v) is 9.76. The van der Waals surface area contributed by atoms with E-state index >= 15 is 0 Å². The maximum atomic E-state index is 12.3. The Morgan fingerprint density at radius 2 is 2.07 bits per heavy atom. The van der Waals surface area contributed by atoms with Crippen molar-refractivity contribution in [3.8, 4) is 5.75 Å². The van der Waals surface area contributed by atoms with Gasteiger partial charge in [-0.1, -0.05) is 29.8 Å². The Morgan fingerprint density at radius 3 is 2.93 bits per heavy atom. The van der Waals surface area contributed by atoms with Crippen molar-refractivity contribution < 1.29 is 9.53 Å². The van der Waals surface area contributed by atoms with Crippen LogP contribution >= 0.6 is 0 Å². The fourth-order valence-corrected chi connectivity index (χ4v) is 3.91. The summed E-state index contributed by atoms with van der Waals surface area (Å²) < 4.78 is 5.65. The minimum atomic E-state index is 0.118. The zero-order chi connectivity index (χ0) is 18.6. The summed E-state index contributed by atoms with van der Waals surface area (Å²) in [5.74, 6) is 0.971. The number of para-hydroxylation sites is 1. The molecule has 1 aliphatic rings. The number of aryl methyl sites for hydroxylation is 2. The quantitative estimate of drug-likeness (QED) is 0.642. The zero-order valence-corrected chi connectivity index (χ0v) is 15.8. The summed E-state index contributed by atoms with van der Waals surface area (Å²) in [5, 5.41) is 4.54. The Labute approximate surface area is 159 Å². The van der Waals surface area contributed by atoms with Gasteiger partial charge in [0.1, 0.15) is 5.75 Å². The number of hydrogen-bond acceptors (Lipinski definition) is 2. The number of carbonyl (C=O) groups is 1. The molecule has 1 heterocycles. The van der Waals surface area contributed by atoms with Crippen LogP contribution in [0.3, 0.4) is 0 Å². The van der Waals surface area contributed by atoms with Crippen LogP contribution in [0.4, 0.5) is 0 Å². The highest BCUT2D eigenvalue weighted by atomic mass is 16.5. The van der Waals surface area contributed by atoms with E-state index in [4.69, 9.17) is 4.74 Å². The second-order valence-electron chi connectivity index (χ2n) is 7.40. The maximum absolute atomic E-state index is 12.3. The van der Waals surface area contributed by atoms with Gasteiger partial charge in [-0.05, 0) is 56.0 Å². The summed E-state index contributed by atoms with van der Waals surface area (Å²) >= 11 is 0. The molecular weight excluding hydrogens is 336 g/mol. The largest absolute Gasteiger partial charge is 0.494 e. The molecular formula is C23H26N2O2. The zero-order valence-electron chi connectivity index (χ0n) is 15.8. The van der Waals surface area contributed by atoms with E-state index < -0.39 is 0 Å². The monoisotopic (exact) mass is 362 g/mol. The standard InChI is InChI=1S/C23H26N2O2/c1-16-9-12-21-20(14-16)19-11-10-17(15-22(19)25-21)24-23(26)8-5-13-27-18-6-3-2-4-7-18/h2-4,6-7,9,12,14,17,25H,5,8,10-11,13,15H2,1H3,(H,24,26). The van der Waals surface area contributed by atoms with E-state index in [0.717, 1.165) is 31.4 Å². The number of ether oxygens (including phenoxy) is 1. The van der Waals surface area contributed by atoms with Crippen LogP contribution in [0.5, 0.6) is 5.75 Å². The molecule has 3 aromatic rings. The van der Waals surface area contributed by atoms with Crippen molar-refractivity contribution in [2.75, 3.05) is 6.61 Å². The summed E-state index contributed by atoms with van der Waals surface area (Å²) in [5.41, 5.74) is 5.20. The van der Waals surface area contributed by atoms with Gasteiger partial charge in [0.05, 0.1) is 6.61 Å². The lowest BCUT2D eigenvalue weighted by atomic mass is 9.91. The second kappa shape index (κ2) is 7.87. The van der Waals surface area contributed by atoms with E-state index in [1.165, 1.54) is 27.7 Å². The summed E-state index contributed by atoms with van der Waals surface area (Å²) in [4.78, 5) is 15.8. The molecule has 0 aliphatic heterocycles. The highest BCUT2D eigenvalue weighted by Crippen LogP contribution is 2.29.